The number of aromatic nitrogens is 2. The molecule has 0 aliphatic carbocycles. The maximum atomic E-state index is 11.8. The smallest absolute Gasteiger partial charge is 0.271 e. The van der Waals surface area contributed by atoms with Crippen LogP contribution in [0.15, 0.2) is 42.9 Å². The molecule has 0 aliphatic heterocycles. The van der Waals surface area contributed by atoms with Crippen molar-refractivity contribution in [2.24, 2.45) is 0 Å². The summed E-state index contributed by atoms with van der Waals surface area (Å²) in [4.78, 5) is 31.3. The van der Waals surface area contributed by atoms with Gasteiger partial charge in [-0.05, 0) is 29.5 Å². The number of hydrogen-bond acceptors (Lipinski definition) is 5. The first-order valence-corrected chi connectivity index (χ1v) is 8.90. The molecule has 2 rings (SSSR count). The van der Waals surface area contributed by atoms with E-state index in [1.54, 1.807) is 0 Å². The van der Waals surface area contributed by atoms with Crippen LogP contribution < -0.4 is 15.4 Å². The molecule has 0 radical (unpaired) electrons. The minimum Gasteiger partial charge on any atom is -0.484 e. The van der Waals surface area contributed by atoms with Gasteiger partial charge in [0, 0.05) is 25.5 Å². The Morgan fingerprint density at radius 2 is 1.74 bits per heavy atom. The van der Waals surface area contributed by atoms with Crippen molar-refractivity contribution in [2.45, 2.75) is 32.6 Å². The lowest BCUT2D eigenvalue weighted by Crippen LogP contribution is -2.32. The van der Waals surface area contributed by atoms with Crippen molar-refractivity contribution in [3.63, 3.8) is 0 Å². The van der Waals surface area contributed by atoms with Gasteiger partial charge in [-0.2, -0.15) is 0 Å². The van der Waals surface area contributed by atoms with Gasteiger partial charge in [0.15, 0.2) is 6.61 Å². The summed E-state index contributed by atoms with van der Waals surface area (Å²) in [7, 11) is 0. The van der Waals surface area contributed by atoms with Gasteiger partial charge in [-0.25, -0.2) is 4.98 Å². The Bertz CT molecular complexity index is 740. The van der Waals surface area contributed by atoms with Crippen molar-refractivity contribution < 1.29 is 14.3 Å². The molecule has 2 aromatic rings. The standard InChI is InChI=1S/C20H26N4O3/c1-20(2,3)15-5-7-16(8-6-15)27-14-18(25)23-9-4-10-24-19(26)17-13-21-11-12-22-17/h5-8,11-13H,4,9-10,14H2,1-3H3,(H,23,25)(H,24,26). The number of carbonyl (C=O) groups is 2. The second-order valence-corrected chi connectivity index (χ2v) is 7.11. The first-order chi connectivity index (χ1) is 12.9. The number of nitrogens with zero attached hydrogens (tertiary/aromatic N) is 2. The van der Waals surface area contributed by atoms with E-state index in [9.17, 15) is 9.59 Å². The van der Waals surface area contributed by atoms with Crippen LogP contribution in [0.25, 0.3) is 0 Å². The summed E-state index contributed by atoms with van der Waals surface area (Å²) in [5, 5.41) is 5.48. The molecule has 0 saturated carbocycles. The van der Waals surface area contributed by atoms with Crippen molar-refractivity contribution in [1.82, 2.24) is 20.6 Å². The fourth-order valence-corrected chi connectivity index (χ4v) is 2.28. The van der Waals surface area contributed by atoms with Gasteiger partial charge in [0.05, 0.1) is 6.20 Å². The lowest BCUT2D eigenvalue weighted by Gasteiger charge is -2.19. The van der Waals surface area contributed by atoms with Crippen molar-refractivity contribution >= 4 is 11.8 Å². The van der Waals surface area contributed by atoms with Crippen LogP contribution in [0.1, 0.15) is 43.2 Å². The van der Waals surface area contributed by atoms with Crippen LogP contribution in [0.3, 0.4) is 0 Å². The van der Waals surface area contributed by atoms with E-state index < -0.39 is 0 Å². The van der Waals surface area contributed by atoms with Crippen LogP contribution in [0, 0.1) is 0 Å². The predicted octanol–water partition coefficient (Wildman–Crippen LogP) is 2.09. The molecule has 0 bridgehead atoms. The van der Waals surface area contributed by atoms with Gasteiger partial charge in [-0.3, -0.25) is 14.6 Å². The lowest BCUT2D eigenvalue weighted by atomic mass is 9.87. The molecule has 144 valence electrons. The summed E-state index contributed by atoms with van der Waals surface area (Å²) >= 11 is 0. The molecule has 1 aromatic carbocycles. The quantitative estimate of drug-likeness (QED) is 0.694. The Morgan fingerprint density at radius 3 is 2.37 bits per heavy atom. The molecule has 2 amide bonds. The molecular formula is C20H26N4O3. The Labute approximate surface area is 159 Å². The van der Waals surface area contributed by atoms with E-state index >= 15 is 0 Å². The fourth-order valence-electron chi connectivity index (χ4n) is 2.28. The Hall–Kier alpha value is -2.96. The zero-order chi connectivity index (χ0) is 19.7. The van der Waals surface area contributed by atoms with E-state index in [-0.39, 0.29) is 29.5 Å². The third-order valence-electron chi connectivity index (χ3n) is 3.85. The Balaban J connectivity index is 1.60. The van der Waals surface area contributed by atoms with Crippen LogP contribution in [0.5, 0.6) is 5.75 Å². The zero-order valence-corrected chi connectivity index (χ0v) is 16.0. The van der Waals surface area contributed by atoms with Crippen molar-refractivity contribution in [1.29, 1.82) is 0 Å². The number of ether oxygens (including phenoxy) is 1. The summed E-state index contributed by atoms with van der Waals surface area (Å²) in [5.41, 5.74) is 1.56. The van der Waals surface area contributed by atoms with Crippen molar-refractivity contribution in [3.8, 4) is 5.75 Å². The molecule has 0 atom stereocenters. The molecule has 0 fully saturated rings. The summed E-state index contributed by atoms with van der Waals surface area (Å²) in [6.45, 7) is 7.28. The van der Waals surface area contributed by atoms with Crippen LogP contribution >= 0.6 is 0 Å². The van der Waals surface area contributed by atoms with Crippen LogP contribution in [0.2, 0.25) is 0 Å². The number of carbonyl (C=O) groups excluding carboxylic acids is 2. The summed E-state index contributed by atoms with van der Waals surface area (Å²) < 4.78 is 5.49. The summed E-state index contributed by atoms with van der Waals surface area (Å²) in [5.74, 6) is 0.181. The van der Waals surface area contributed by atoms with Crippen LogP contribution in [-0.2, 0) is 10.2 Å². The number of nitrogens with one attached hydrogen (secondary N) is 2. The van der Waals surface area contributed by atoms with Gasteiger partial charge in [0.2, 0.25) is 0 Å². The molecule has 1 aromatic heterocycles. The highest BCUT2D eigenvalue weighted by Crippen LogP contribution is 2.24. The molecule has 7 heteroatoms. The number of amides is 2. The largest absolute Gasteiger partial charge is 0.484 e. The molecular weight excluding hydrogens is 344 g/mol. The van der Waals surface area contributed by atoms with Crippen LogP contribution in [-0.4, -0.2) is 41.5 Å². The molecule has 0 saturated heterocycles. The second kappa shape index (κ2) is 9.66. The minimum atomic E-state index is -0.281. The monoisotopic (exact) mass is 370 g/mol. The molecule has 0 aliphatic rings. The van der Waals surface area contributed by atoms with E-state index in [2.05, 4.69) is 41.4 Å². The van der Waals surface area contributed by atoms with E-state index in [0.29, 0.717) is 25.3 Å². The second-order valence-electron chi connectivity index (χ2n) is 7.11. The molecule has 0 spiro atoms. The number of hydrogen-bond donors (Lipinski definition) is 2. The van der Waals surface area contributed by atoms with Gasteiger partial charge in [-0.15, -0.1) is 0 Å². The van der Waals surface area contributed by atoms with Crippen molar-refractivity contribution in [2.75, 3.05) is 19.7 Å². The SMILES string of the molecule is CC(C)(C)c1ccc(OCC(=O)NCCCNC(=O)c2cnccn2)cc1. The first kappa shape index (κ1) is 20.4. The summed E-state index contributed by atoms with van der Waals surface area (Å²) in [6.07, 6.45) is 4.99. The average molecular weight is 370 g/mol. The third kappa shape index (κ3) is 7.05. The average Bonchev–Trinajstić information content (AvgIpc) is 2.66. The molecule has 7 nitrogen and oxygen atoms in total. The van der Waals surface area contributed by atoms with Crippen molar-refractivity contribution in [3.05, 3.63) is 54.1 Å². The van der Waals surface area contributed by atoms with E-state index in [4.69, 9.17) is 4.74 Å². The first-order valence-electron chi connectivity index (χ1n) is 8.90. The highest BCUT2D eigenvalue weighted by molar-refractivity contribution is 5.91. The molecule has 2 N–H and O–H groups in total. The van der Waals surface area contributed by atoms with Gasteiger partial charge >= 0.3 is 0 Å². The van der Waals surface area contributed by atoms with E-state index in [1.165, 1.54) is 24.2 Å². The van der Waals surface area contributed by atoms with Gasteiger partial charge in [0.25, 0.3) is 11.8 Å². The fraction of sp³-hybridized carbons (Fsp3) is 0.400. The number of rotatable bonds is 8. The van der Waals surface area contributed by atoms with E-state index in [0.717, 1.165) is 0 Å². The zero-order valence-electron chi connectivity index (χ0n) is 16.0. The third-order valence-corrected chi connectivity index (χ3v) is 3.85. The highest BCUT2D eigenvalue weighted by Gasteiger charge is 2.13. The normalized spacial score (nSPS) is 10.9. The van der Waals surface area contributed by atoms with Gasteiger partial charge in [-0.1, -0.05) is 32.9 Å². The Kier molecular flexibility index (Phi) is 7.28. The number of benzene rings is 1. The van der Waals surface area contributed by atoms with Crippen LogP contribution in [0.4, 0.5) is 0 Å². The predicted molar refractivity (Wildman–Crippen MR) is 103 cm³/mol. The minimum absolute atomic E-state index is 0.0408. The maximum absolute atomic E-state index is 11.8. The van der Waals surface area contributed by atoms with Gasteiger partial charge in [0.1, 0.15) is 11.4 Å². The molecule has 0 unspecified atom stereocenters. The summed E-state index contributed by atoms with van der Waals surface area (Å²) in [6, 6.07) is 7.76. The maximum Gasteiger partial charge on any atom is 0.271 e. The van der Waals surface area contributed by atoms with Gasteiger partial charge < -0.3 is 15.4 Å². The molecule has 27 heavy (non-hydrogen) atoms. The topological polar surface area (TPSA) is 93.2 Å². The highest BCUT2D eigenvalue weighted by atomic mass is 16.5. The van der Waals surface area contributed by atoms with E-state index in [1.807, 2.05) is 24.3 Å². The Morgan fingerprint density at radius 1 is 1.04 bits per heavy atom. The lowest BCUT2D eigenvalue weighted by molar-refractivity contribution is -0.123. The molecule has 1 heterocycles.